The summed E-state index contributed by atoms with van der Waals surface area (Å²) in [5.74, 6) is 1.08. The van der Waals surface area contributed by atoms with E-state index < -0.39 is 0 Å². The Balaban J connectivity index is 1.61. The summed E-state index contributed by atoms with van der Waals surface area (Å²) in [6.07, 6.45) is 0. The number of thioether (sulfide) groups is 1. The quantitative estimate of drug-likeness (QED) is 0.874. The van der Waals surface area contributed by atoms with Gasteiger partial charge in [0.1, 0.15) is 0 Å². The van der Waals surface area contributed by atoms with Crippen molar-refractivity contribution in [2.45, 2.75) is 23.6 Å². The van der Waals surface area contributed by atoms with Crippen LogP contribution in [0.1, 0.15) is 22.8 Å². The van der Waals surface area contributed by atoms with E-state index in [9.17, 15) is 4.79 Å². The fraction of sp³-hybridized carbons (Fsp3) is 0.316. The molecule has 120 valence electrons. The van der Waals surface area contributed by atoms with Crippen LogP contribution in [-0.2, 0) is 5.75 Å². The average molecular weight is 326 g/mol. The fourth-order valence-corrected chi connectivity index (χ4v) is 3.60. The first-order valence-corrected chi connectivity index (χ1v) is 9.01. The molecule has 0 radical (unpaired) electrons. The molecule has 0 spiro atoms. The maximum Gasteiger partial charge on any atom is 0.254 e. The maximum atomic E-state index is 12.6. The van der Waals surface area contributed by atoms with E-state index in [1.165, 1.54) is 10.5 Å². The highest BCUT2D eigenvalue weighted by molar-refractivity contribution is 7.98. The van der Waals surface area contributed by atoms with Gasteiger partial charge in [-0.1, -0.05) is 30.3 Å². The van der Waals surface area contributed by atoms with Gasteiger partial charge in [0.25, 0.3) is 5.91 Å². The lowest BCUT2D eigenvalue weighted by atomic mass is 10.1. The number of nitrogens with one attached hydrogen (secondary N) is 1. The summed E-state index contributed by atoms with van der Waals surface area (Å²) in [7, 11) is 0. The Morgan fingerprint density at radius 3 is 2.61 bits per heavy atom. The number of nitrogens with zero attached hydrogens (tertiary/aromatic N) is 1. The van der Waals surface area contributed by atoms with Crippen molar-refractivity contribution in [3.8, 4) is 0 Å². The van der Waals surface area contributed by atoms with Crippen LogP contribution in [0.2, 0.25) is 0 Å². The molecule has 1 atom stereocenters. The van der Waals surface area contributed by atoms with Crippen molar-refractivity contribution in [2.75, 3.05) is 19.6 Å². The van der Waals surface area contributed by atoms with E-state index in [1.807, 2.05) is 35.2 Å². The Morgan fingerprint density at radius 1 is 1.17 bits per heavy atom. The molecule has 1 saturated heterocycles. The van der Waals surface area contributed by atoms with Crippen molar-refractivity contribution in [2.24, 2.45) is 0 Å². The molecule has 0 unspecified atom stereocenters. The van der Waals surface area contributed by atoms with Crippen LogP contribution in [0, 0.1) is 0 Å². The molecular weight excluding hydrogens is 304 g/mol. The zero-order valence-corrected chi connectivity index (χ0v) is 14.2. The first-order chi connectivity index (χ1) is 11.2. The van der Waals surface area contributed by atoms with Gasteiger partial charge in [-0.15, -0.1) is 11.8 Å². The van der Waals surface area contributed by atoms with Crippen molar-refractivity contribution in [3.63, 3.8) is 0 Å². The minimum atomic E-state index is 0.138. The Hall–Kier alpha value is -1.78. The normalized spacial score (nSPS) is 18.0. The van der Waals surface area contributed by atoms with Gasteiger partial charge >= 0.3 is 0 Å². The molecule has 3 nitrogen and oxygen atoms in total. The summed E-state index contributed by atoms with van der Waals surface area (Å²) in [5.41, 5.74) is 2.09. The number of amides is 1. The third-order valence-corrected chi connectivity index (χ3v) is 5.19. The standard InChI is InChI=1S/C19H22N2OS/c1-15-13-20-11-12-21(15)19(22)17-7-9-18(10-8-17)23-14-16-5-3-2-4-6-16/h2-10,15,20H,11-14H2,1H3/t15-/m1/s1. The molecule has 0 aliphatic carbocycles. The van der Waals surface area contributed by atoms with Gasteiger partial charge in [-0.3, -0.25) is 4.79 Å². The van der Waals surface area contributed by atoms with Crippen LogP contribution in [0.3, 0.4) is 0 Å². The van der Waals surface area contributed by atoms with Crippen LogP contribution in [0.25, 0.3) is 0 Å². The second-order valence-electron chi connectivity index (χ2n) is 5.85. The highest BCUT2D eigenvalue weighted by Crippen LogP contribution is 2.23. The predicted molar refractivity (Wildman–Crippen MR) is 95.8 cm³/mol. The molecule has 1 aliphatic rings. The Bertz CT molecular complexity index is 642. The van der Waals surface area contributed by atoms with E-state index in [0.29, 0.717) is 0 Å². The molecule has 1 fully saturated rings. The highest BCUT2D eigenvalue weighted by Gasteiger charge is 2.23. The second-order valence-corrected chi connectivity index (χ2v) is 6.90. The topological polar surface area (TPSA) is 32.3 Å². The first kappa shape index (κ1) is 16.1. The third-order valence-electron chi connectivity index (χ3n) is 4.11. The van der Waals surface area contributed by atoms with Crippen molar-refractivity contribution in [3.05, 3.63) is 65.7 Å². The molecule has 1 amide bonds. The molecule has 0 aromatic heterocycles. The number of benzene rings is 2. The minimum Gasteiger partial charge on any atom is -0.333 e. The van der Waals surface area contributed by atoms with E-state index in [2.05, 4.69) is 36.5 Å². The lowest BCUT2D eigenvalue weighted by molar-refractivity contribution is 0.0655. The molecule has 23 heavy (non-hydrogen) atoms. The molecule has 2 aromatic rings. The average Bonchev–Trinajstić information content (AvgIpc) is 2.61. The number of rotatable bonds is 4. The van der Waals surface area contributed by atoms with Gasteiger partial charge in [0.2, 0.25) is 0 Å². The molecular formula is C19H22N2OS. The Labute approximate surface area is 142 Å². The maximum absolute atomic E-state index is 12.6. The van der Waals surface area contributed by atoms with Gasteiger partial charge in [-0.25, -0.2) is 0 Å². The number of carbonyl (C=O) groups is 1. The van der Waals surface area contributed by atoms with E-state index in [4.69, 9.17) is 0 Å². The van der Waals surface area contributed by atoms with Crippen LogP contribution in [0.4, 0.5) is 0 Å². The smallest absolute Gasteiger partial charge is 0.254 e. The number of hydrogen-bond donors (Lipinski definition) is 1. The Kier molecular flexibility index (Phi) is 5.36. The van der Waals surface area contributed by atoms with Crippen LogP contribution < -0.4 is 5.32 Å². The zero-order valence-electron chi connectivity index (χ0n) is 13.4. The molecule has 1 N–H and O–H groups in total. The van der Waals surface area contributed by atoms with Crippen molar-refractivity contribution < 1.29 is 4.79 Å². The summed E-state index contributed by atoms with van der Waals surface area (Å²) in [6, 6.07) is 18.7. The summed E-state index contributed by atoms with van der Waals surface area (Å²) in [4.78, 5) is 15.7. The fourth-order valence-electron chi connectivity index (χ4n) is 2.74. The lowest BCUT2D eigenvalue weighted by Crippen LogP contribution is -2.52. The molecule has 4 heteroatoms. The van der Waals surface area contributed by atoms with E-state index in [1.54, 1.807) is 11.8 Å². The molecule has 1 heterocycles. The van der Waals surface area contributed by atoms with E-state index in [0.717, 1.165) is 31.0 Å². The predicted octanol–water partition coefficient (Wildman–Crippen LogP) is 3.41. The minimum absolute atomic E-state index is 0.138. The summed E-state index contributed by atoms with van der Waals surface area (Å²) < 4.78 is 0. The van der Waals surface area contributed by atoms with Crippen LogP contribution in [0.15, 0.2) is 59.5 Å². The molecule has 0 bridgehead atoms. The van der Waals surface area contributed by atoms with Gasteiger partial charge in [0, 0.05) is 41.9 Å². The summed E-state index contributed by atoms with van der Waals surface area (Å²) in [5, 5.41) is 3.32. The summed E-state index contributed by atoms with van der Waals surface area (Å²) in [6.45, 7) is 4.62. The van der Waals surface area contributed by atoms with Crippen molar-refractivity contribution >= 4 is 17.7 Å². The largest absolute Gasteiger partial charge is 0.333 e. The van der Waals surface area contributed by atoms with Gasteiger partial charge in [-0.2, -0.15) is 0 Å². The Morgan fingerprint density at radius 2 is 1.91 bits per heavy atom. The number of piperazine rings is 1. The van der Waals surface area contributed by atoms with E-state index in [-0.39, 0.29) is 11.9 Å². The van der Waals surface area contributed by atoms with Crippen LogP contribution in [-0.4, -0.2) is 36.5 Å². The van der Waals surface area contributed by atoms with Crippen LogP contribution in [0.5, 0.6) is 0 Å². The molecule has 0 saturated carbocycles. The monoisotopic (exact) mass is 326 g/mol. The van der Waals surface area contributed by atoms with Crippen LogP contribution >= 0.6 is 11.8 Å². The third kappa shape index (κ3) is 4.15. The summed E-state index contributed by atoms with van der Waals surface area (Å²) >= 11 is 1.80. The highest BCUT2D eigenvalue weighted by atomic mass is 32.2. The molecule has 2 aromatic carbocycles. The molecule has 3 rings (SSSR count). The number of carbonyl (C=O) groups excluding carboxylic acids is 1. The molecule has 1 aliphatic heterocycles. The van der Waals surface area contributed by atoms with Crippen molar-refractivity contribution in [1.82, 2.24) is 10.2 Å². The SMILES string of the molecule is C[C@@H]1CNCCN1C(=O)c1ccc(SCc2ccccc2)cc1. The number of hydrogen-bond acceptors (Lipinski definition) is 3. The lowest BCUT2D eigenvalue weighted by Gasteiger charge is -2.34. The van der Waals surface area contributed by atoms with Gasteiger partial charge in [0.05, 0.1) is 0 Å². The van der Waals surface area contributed by atoms with Crippen molar-refractivity contribution in [1.29, 1.82) is 0 Å². The zero-order chi connectivity index (χ0) is 16.1. The van der Waals surface area contributed by atoms with Gasteiger partial charge in [0.15, 0.2) is 0 Å². The van der Waals surface area contributed by atoms with E-state index >= 15 is 0 Å². The van der Waals surface area contributed by atoms with Gasteiger partial charge in [-0.05, 0) is 36.8 Å². The van der Waals surface area contributed by atoms with Gasteiger partial charge < -0.3 is 10.2 Å². The first-order valence-electron chi connectivity index (χ1n) is 8.02. The second kappa shape index (κ2) is 7.66.